The van der Waals surface area contributed by atoms with E-state index in [1.54, 1.807) is 6.26 Å². The zero-order valence-electron chi connectivity index (χ0n) is 19.7. The summed E-state index contributed by atoms with van der Waals surface area (Å²) in [6, 6.07) is 0. The van der Waals surface area contributed by atoms with Gasteiger partial charge in [-0.15, -0.1) is 0 Å². The molecule has 1 atom stereocenters. The average Bonchev–Trinajstić information content (AvgIpc) is 2.68. The zero-order chi connectivity index (χ0) is 21.7. The topological polar surface area (TPSA) is 55.8 Å². The minimum atomic E-state index is -0.784. The highest BCUT2D eigenvalue weighted by Gasteiger charge is 2.51. The molecule has 4 saturated carbocycles. The second-order valence-electron chi connectivity index (χ2n) is 11.5. The third-order valence-corrected chi connectivity index (χ3v) is 8.83. The van der Waals surface area contributed by atoms with Crippen LogP contribution in [0.25, 0.3) is 0 Å². The van der Waals surface area contributed by atoms with Crippen molar-refractivity contribution in [3.63, 3.8) is 0 Å². The van der Waals surface area contributed by atoms with Crippen LogP contribution in [-0.2, 0) is 14.3 Å². The molecule has 0 radical (unpaired) electrons. The van der Waals surface area contributed by atoms with Crippen LogP contribution < -0.4 is 0 Å². The number of carboxylic acid groups (broad SMARTS) is 1. The second kappa shape index (κ2) is 10.3. The van der Waals surface area contributed by atoms with E-state index in [9.17, 15) is 9.90 Å². The summed E-state index contributed by atoms with van der Waals surface area (Å²) in [6.45, 7) is 3.83. The number of carbonyl (C=O) groups is 1. The summed E-state index contributed by atoms with van der Waals surface area (Å²) in [4.78, 5) is 11.9. The molecule has 4 aliphatic carbocycles. The molecule has 4 bridgehead atoms. The normalized spacial score (nSPS) is 36.4. The first-order chi connectivity index (χ1) is 15.0. The van der Waals surface area contributed by atoms with E-state index in [-0.39, 0.29) is 11.0 Å². The Hall–Kier alpha value is -1.03. The lowest BCUT2D eigenvalue weighted by Gasteiger charge is -2.57. The van der Waals surface area contributed by atoms with E-state index in [2.05, 4.69) is 6.92 Å². The van der Waals surface area contributed by atoms with Crippen molar-refractivity contribution in [3.8, 4) is 0 Å². The molecule has 0 aromatic heterocycles. The van der Waals surface area contributed by atoms with Gasteiger partial charge in [-0.2, -0.15) is 0 Å². The molecule has 31 heavy (non-hydrogen) atoms. The maximum Gasteiger partial charge on any atom is 0.334 e. The molecule has 1 unspecified atom stereocenters. The van der Waals surface area contributed by atoms with Gasteiger partial charge in [0.2, 0.25) is 0 Å². The number of rotatable bonds is 14. The first-order valence-corrected chi connectivity index (χ1v) is 13.2. The third kappa shape index (κ3) is 5.86. The van der Waals surface area contributed by atoms with Crippen LogP contribution in [0.3, 0.4) is 0 Å². The number of ether oxygens (including phenoxy) is 2. The Morgan fingerprint density at radius 3 is 2.16 bits per heavy atom. The van der Waals surface area contributed by atoms with Crippen LogP contribution in [0.2, 0.25) is 0 Å². The number of hydrogen-bond acceptors (Lipinski definition) is 3. The molecular formula is C27H44O4. The second-order valence-corrected chi connectivity index (χ2v) is 11.5. The molecule has 4 heteroatoms. The van der Waals surface area contributed by atoms with Gasteiger partial charge < -0.3 is 14.6 Å². The summed E-state index contributed by atoms with van der Waals surface area (Å²) in [5.41, 5.74) is 0.949. The van der Waals surface area contributed by atoms with Crippen molar-refractivity contribution in [1.82, 2.24) is 0 Å². The molecule has 1 heterocycles. The molecule has 1 N–H and O–H groups in total. The van der Waals surface area contributed by atoms with Gasteiger partial charge in [-0.1, -0.05) is 39.0 Å². The van der Waals surface area contributed by atoms with Crippen molar-refractivity contribution >= 4 is 5.97 Å². The Morgan fingerprint density at radius 1 is 1.00 bits per heavy atom. The summed E-state index contributed by atoms with van der Waals surface area (Å²) in [5.74, 6) is 1.78. The standard InChI is InChI=1S/C27H44O4/c1-2-3-8-27(10-12-31-27)9-6-4-5-7-11-30-20-24(25(28)29)19-26-16-21-13-22(17-26)15-23(14-21)18-26/h20-23H,2-19H2,1H3,(H,28,29). The lowest BCUT2D eigenvalue weighted by Crippen LogP contribution is -2.46. The monoisotopic (exact) mass is 432 g/mol. The first-order valence-electron chi connectivity index (χ1n) is 13.2. The third-order valence-electron chi connectivity index (χ3n) is 8.83. The summed E-state index contributed by atoms with van der Waals surface area (Å²) >= 11 is 0. The van der Waals surface area contributed by atoms with Gasteiger partial charge in [-0.3, -0.25) is 0 Å². The predicted molar refractivity (Wildman–Crippen MR) is 123 cm³/mol. The minimum Gasteiger partial charge on any atom is -0.501 e. The van der Waals surface area contributed by atoms with Crippen LogP contribution in [0.5, 0.6) is 0 Å². The molecule has 0 aromatic rings. The largest absolute Gasteiger partial charge is 0.501 e. The summed E-state index contributed by atoms with van der Waals surface area (Å²) in [7, 11) is 0. The Balaban J connectivity index is 1.14. The van der Waals surface area contributed by atoms with Crippen molar-refractivity contribution in [2.24, 2.45) is 23.2 Å². The number of unbranched alkanes of at least 4 members (excludes halogenated alkanes) is 4. The Bertz CT molecular complexity index is 598. The van der Waals surface area contributed by atoms with Crippen molar-refractivity contribution in [3.05, 3.63) is 11.8 Å². The van der Waals surface area contributed by atoms with Gasteiger partial charge in [0.25, 0.3) is 0 Å². The summed E-state index contributed by atoms with van der Waals surface area (Å²) in [5, 5.41) is 9.75. The van der Waals surface area contributed by atoms with Gasteiger partial charge in [-0.25, -0.2) is 4.79 Å². The van der Waals surface area contributed by atoms with Crippen LogP contribution in [0.15, 0.2) is 11.8 Å². The van der Waals surface area contributed by atoms with E-state index in [0.29, 0.717) is 18.6 Å². The van der Waals surface area contributed by atoms with Crippen molar-refractivity contribution in [1.29, 1.82) is 0 Å². The van der Waals surface area contributed by atoms with E-state index >= 15 is 0 Å². The molecule has 4 nitrogen and oxygen atoms in total. The molecule has 5 fully saturated rings. The minimum absolute atomic E-state index is 0.197. The fourth-order valence-corrected chi connectivity index (χ4v) is 7.63. The van der Waals surface area contributed by atoms with E-state index in [4.69, 9.17) is 9.47 Å². The van der Waals surface area contributed by atoms with Crippen molar-refractivity contribution < 1.29 is 19.4 Å². The lowest BCUT2D eigenvalue weighted by atomic mass is 9.48. The van der Waals surface area contributed by atoms with Crippen LogP contribution in [0.4, 0.5) is 0 Å². The van der Waals surface area contributed by atoms with Gasteiger partial charge in [0.1, 0.15) is 0 Å². The first kappa shape index (κ1) is 23.1. The van der Waals surface area contributed by atoms with Crippen LogP contribution >= 0.6 is 0 Å². The van der Waals surface area contributed by atoms with Gasteiger partial charge in [-0.05, 0) is 93.8 Å². The number of aliphatic carboxylic acids is 1. The summed E-state index contributed by atoms with van der Waals surface area (Å²) in [6.07, 6.45) is 21.0. The molecule has 5 aliphatic rings. The Kier molecular flexibility index (Phi) is 7.67. The van der Waals surface area contributed by atoms with Crippen molar-refractivity contribution in [2.75, 3.05) is 13.2 Å². The van der Waals surface area contributed by atoms with Gasteiger partial charge in [0, 0.05) is 0 Å². The molecule has 1 aliphatic heterocycles. The number of carboxylic acids is 1. The molecule has 0 aromatic carbocycles. The SMILES string of the molecule is CCCCC1(CCCCCCOC=C(CC23CC4CC(CC(C4)C2)C3)C(=O)O)CCO1. The van der Waals surface area contributed by atoms with Crippen LogP contribution in [0.1, 0.15) is 110 Å². The molecule has 0 spiro atoms. The molecular weight excluding hydrogens is 388 g/mol. The quantitative estimate of drug-likeness (QED) is 0.185. The fraction of sp³-hybridized carbons (Fsp3) is 0.889. The lowest BCUT2D eigenvalue weighted by molar-refractivity contribution is -0.157. The van der Waals surface area contributed by atoms with Gasteiger partial charge in [0.05, 0.1) is 30.6 Å². The maximum absolute atomic E-state index is 11.9. The van der Waals surface area contributed by atoms with E-state index in [0.717, 1.165) is 37.2 Å². The van der Waals surface area contributed by atoms with Gasteiger partial charge >= 0.3 is 5.97 Å². The smallest absolute Gasteiger partial charge is 0.334 e. The molecule has 1 saturated heterocycles. The van der Waals surface area contributed by atoms with Crippen molar-refractivity contribution in [2.45, 2.75) is 115 Å². The van der Waals surface area contributed by atoms with E-state index < -0.39 is 5.97 Å². The maximum atomic E-state index is 11.9. The average molecular weight is 433 g/mol. The van der Waals surface area contributed by atoms with E-state index in [1.807, 2.05) is 0 Å². The van der Waals surface area contributed by atoms with Crippen LogP contribution in [-0.4, -0.2) is 29.9 Å². The predicted octanol–water partition coefficient (Wildman–Crippen LogP) is 6.88. The molecule has 0 amide bonds. The summed E-state index contributed by atoms with van der Waals surface area (Å²) < 4.78 is 11.7. The molecule has 176 valence electrons. The highest BCUT2D eigenvalue weighted by atomic mass is 16.5. The van der Waals surface area contributed by atoms with E-state index in [1.165, 1.54) is 83.5 Å². The Morgan fingerprint density at radius 2 is 1.61 bits per heavy atom. The Labute approximate surface area is 189 Å². The van der Waals surface area contributed by atoms with Gasteiger partial charge in [0.15, 0.2) is 0 Å². The number of hydrogen-bond donors (Lipinski definition) is 1. The highest BCUT2D eigenvalue weighted by molar-refractivity contribution is 5.86. The fourth-order valence-electron chi connectivity index (χ4n) is 7.63. The highest BCUT2D eigenvalue weighted by Crippen LogP contribution is 2.62. The van der Waals surface area contributed by atoms with Crippen LogP contribution in [0, 0.1) is 23.2 Å². The molecule has 5 rings (SSSR count). The zero-order valence-corrected chi connectivity index (χ0v) is 19.7.